The molecule has 2 aromatic carbocycles. The molecule has 0 aliphatic carbocycles. The topological polar surface area (TPSA) is 72.8 Å². The molecule has 154 valence electrons. The van der Waals surface area contributed by atoms with Crippen molar-refractivity contribution in [3.05, 3.63) is 86.2 Å². The summed E-state index contributed by atoms with van der Waals surface area (Å²) in [4.78, 5) is 16.0. The summed E-state index contributed by atoms with van der Waals surface area (Å²) < 4.78 is 12.6. The molecule has 0 unspecified atom stereocenters. The van der Waals surface area contributed by atoms with Gasteiger partial charge >= 0.3 is 0 Å². The lowest BCUT2D eigenvalue weighted by Gasteiger charge is -2.14. The second-order valence-corrected chi connectivity index (χ2v) is 7.72. The largest absolute Gasteiger partial charge is 0.490 e. The fourth-order valence-electron chi connectivity index (χ4n) is 2.53. The van der Waals surface area contributed by atoms with Crippen LogP contribution in [0, 0.1) is 3.57 Å². The summed E-state index contributed by atoms with van der Waals surface area (Å²) >= 11 is 8.12. The number of amides is 1. The fraction of sp³-hybridized carbons (Fsp3) is 0.136. The maximum absolute atomic E-state index is 12.0. The molecule has 0 atom stereocenters. The van der Waals surface area contributed by atoms with Crippen LogP contribution in [0.4, 0.5) is 0 Å². The molecule has 0 radical (unpaired) electrons. The van der Waals surface area contributed by atoms with Gasteiger partial charge < -0.3 is 9.47 Å². The normalized spacial score (nSPS) is 10.8. The predicted molar refractivity (Wildman–Crippen MR) is 125 cm³/mol. The summed E-state index contributed by atoms with van der Waals surface area (Å²) in [6, 6.07) is 14.6. The van der Waals surface area contributed by atoms with Gasteiger partial charge in [-0.2, -0.15) is 5.10 Å². The highest BCUT2D eigenvalue weighted by molar-refractivity contribution is 14.1. The summed E-state index contributed by atoms with van der Waals surface area (Å²) in [6.07, 6.45) is 4.64. The van der Waals surface area contributed by atoms with Crippen molar-refractivity contribution in [3.8, 4) is 11.5 Å². The number of carbonyl (C=O) groups is 1. The molecule has 6 nitrogen and oxygen atoms in total. The lowest BCUT2D eigenvalue weighted by Crippen LogP contribution is -2.17. The van der Waals surface area contributed by atoms with Crippen LogP contribution < -0.4 is 14.9 Å². The summed E-state index contributed by atoms with van der Waals surface area (Å²) in [5.74, 6) is 0.935. The van der Waals surface area contributed by atoms with Crippen molar-refractivity contribution < 1.29 is 14.3 Å². The monoisotopic (exact) mass is 535 g/mol. The van der Waals surface area contributed by atoms with Gasteiger partial charge in [0.2, 0.25) is 0 Å². The molecule has 30 heavy (non-hydrogen) atoms. The Morgan fingerprint density at radius 1 is 1.23 bits per heavy atom. The van der Waals surface area contributed by atoms with E-state index in [1.54, 1.807) is 24.5 Å². The van der Waals surface area contributed by atoms with Gasteiger partial charge in [0, 0.05) is 17.4 Å². The van der Waals surface area contributed by atoms with E-state index in [1.807, 2.05) is 43.3 Å². The summed E-state index contributed by atoms with van der Waals surface area (Å²) in [5.41, 5.74) is 4.70. The fourth-order valence-corrected chi connectivity index (χ4v) is 3.44. The van der Waals surface area contributed by atoms with Gasteiger partial charge in [-0.3, -0.25) is 9.78 Å². The number of rotatable bonds is 8. The van der Waals surface area contributed by atoms with Gasteiger partial charge in [0.15, 0.2) is 11.5 Å². The Morgan fingerprint density at radius 3 is 2.73 bits per heavy atom. The van der Waals surface area contributed by atoms with Crippen LogP contribution in [0.25, 0.3) is 0 Å². The zero-order valence-corrected chi connectivity index (χ0v) is 19.1. The minimum atomic E-state index is -0.331. The second kappa shape index (κ2) is 10.9. The first-order valence-electron chi connectivity index (χ1n) is 9.14. The molecular formula is C22H19ClIN3O3. The number of nitrogens with zero attached hydrogens (tertiary/aromatic N) is 2. The third-order valence-electron chi connectivity index (χ3n) is 3.93. The van der Waals surface area contributed by atoms with Crippen LogP contribution in [0.3, 0.4) is 0 Å². The van der Waals surface area contributed by atoms with Gasteiger partial charge in [0.05, 0.1) is 22.0 Å². The molecule has 0 saturated carbocycles. The number of ether oxygens (including phenoxy) is 2. The summed E-state index contributed by atoms with van der Waals surface area (Å²) in [6.45, 7) is 2.79. The molecule has 1 amide bonds. The van der Waals surface area contributed by atoms with Gasteiger partial charge in [-0.05, 0) is 77.0 Å². The van der Waals surface area contributed by atoms with Crippen molar-refractivity contribution in [1.29, 1.82) is 0 Å². The molecule has 1 heterocycles. The molecule has 3 rings (SSSR count). The average Bonchev–Trinajstić information content (AvgIpc) is 2.75. The van der Waals surface area contributed by atoms with Gasteiger partial charge in [0.25, 0.3) is 5.91 Å². The van der Waals surface area contributed by atoms with Crippen LogP contribution in [0.2, 0.25) is 5.02 Å². The SMILES string of the molecule is CCOc1cc(C=NNC(=O)c2cccnc2)cc(I)c1OCc1ccc(Cl)cc1. The maximum atomic E-state index is 12.0. The molecule has 1 N–H and O–H groups in total. The number of aromatic nitrogens is 1. The van der Waals surface area contributed by atoms with E-state index in [4.69, 9.17) is 21.1 Å². The van der Waals surface area contributed by atoms with Crippen LogP contribution >= 0.6 is 34.2 Å². The minimum Gasteiger partial charge on any atom is -0.490 e. The van der Waals surface area contributed by atoms with Crippen LogP contribution in [-0.4, -0.2) is 23.7 Å². The number of nitrogens with one attached hydrogen (secondary N) is 1. The Hall–Kier alpha value is -2.65. The molecule has 3 aromatic rings. The first kappa shape index (κ1) is 22.0. The zero-order valence-electron chi connectivity index (χ0n) is 16.1. The van der Waals surface area contributed by atoms with Crippen LogP contribution in [-0.2, 0) is 6.61 Å². The van der Waals surface area contributed by atoms with Crippen molar-refractivity contribution in [1.82, 2.24) is 10.4 Å². The quantitative estimate of drug-likeness (QED) is 0.248. The Morgan fingerprint density at radius 2 is 2.03 bits per heavy atom. The smallest absolute Gasteiger partial charge is 0.272 e. The van der Waals surface area contributed by atoms with Gasteiger partial charge in [-0.15, -0.1) is 0 Å². The Balaban J connectivity index is 1.71. The van der Waals surface area contributed by atoms with E-state index in [-0.39, 0.29) is 5.91 Å². The van der Waals surface area contributed by atoms with E-state index in [2.05, 4.69) is 38.1 Å². The first-order valence-corrected chi connectivity index (χ1v) is 10.6. The van der Waals surface area contributed by atoms with E-state index in [1.165, 1.54) is 6.20 Å². The number of pyridine rings is 1. The Bertz CT molecular complexity index is 1030. The Labute approximate surface area is 193 Å². The van der Waals surface area contributed by atoms with E-state index in [0.29, 0.717) is 35.3 Å². The first-order chi connectivity index (χ1) is 14.6. The van der Waals surface area contributed by atoms with Crippen LogP contribution in [0.5, 0.6) is 11.5 Å². The highest BCUT2D eigenvalue weighted by Crippen LogP contribution is 2.34. The number of carbonyl (C=O) groups excluding carboxylic acids is 1. The van der Waals surface area contributed by atoms with Crippen LogP contribution in [0.1, 0.15) is 28.4 Å². The summed E-state index contributed by atoms with van der Waals surface area (Å²) in [7, 11) is 0. The number of hydrogen-bond acceptors (Lipinski definition) is 5. The van der Waals surface area contributed by atoms with Gasteiger partial charge in [0.1, 0.15) is 6.61 Å². The van der Waals surface area contributed by atoms with Crippen molar-refractivity contribution in [3.63, 3.8) is 0 Å². The molecule has 1 aromatic heterocycles. The maximum Gasteiger partial charge on any atom is 0.272 e. The number of hydrazone groups is 1. The lowest BCUT2D eigenvalue weighted by molar-refractivity contribution is 0.0955. The van der Waals surface area contributed by atoms with Crippen molar-refractivity contribution >= 4 is 46.3 Å². The Kier molecular flexibility index (Phi) is 8.04. The lowest BCUT2D eigenvalue weighted by atomic mass is 10.2. The molecule has 0 saturated heterocycles. The molecule has 0 aliphatic heterocycles. The minimum absolute atomic E-state index is 0.331. The van der Waals surface area contributed by atoms with Gasteiger partial charge in [-0.1, -0.05) is 23.7 Å². The average molecular weight is 536 g/mol. The number of halogens is 2. The highest BCUT2D eigenvalue weighted by atomic mass is 127. The summed E-state index contributed by atoms with van der Waals surface area (Å²) in [5, 5.41) is 4.71. The van der Waals surface area contributed by atoms with Crippen LogP contribution in [0.15, 0.2) is 66.0 Å². The molecule has 0 fully saturated rings. The molecule has 8 heteroatoms. The molecule has 0 spiro atoms. The zero-order chi connectivity index (χ0) is 21.3. The van der Waals surface area contributed by atoms with Crippen molar-refractivity contribution in [2.24, 2.45) is 5.10 Å². The van der Waals surface area contributed by atoms with E-state index in [0.717, 1.165) is 14.7 Å². The second-order valence-electron chi connectivity index (χ2n) is 6.12. The number of hydrogen-bond donors (Lipinski definition) is 1. The molecule has 0 aliphatic rings. The number of benzene rings is 2. The molecule has 0 bridgehead atoms. The van der Waals surface area contributed by atoms with Crippen molar-refractivity contribution in [2.45, 2.75) is 13.5 Å². The van der Waals surface area contributed by atoms with E-state index in [9.17, 15) is 4.79 Å². The van der Waals surface area contributed by atoms with Gasteiger partial charge in [-0.25, -0.2) is 5.43 Å². The molecular weight excluding hydrogens is 517 g/mol. The third-order valence-corrected chi connectivity index (χ3v) is 4.98. The highest BCUT2D eigenvalue weighted by Gasteiger charge is 2.12. The standard InChI is InChI=1S/C22H19ClIN3O3/c1-2-29-20-11-16(12-26-27-22(28)17-4-3-9-25-13-17)10-19(24)21(20)30-14-15-5-7-18(23)8-6-15/h3-13H,2,14H2,1H3,(H,27,28). The predicted octanol–water partition coefficient (Wildman–Crippen LogP) is 5.08. The van der Waals surface area contributed by atoms with E-state index < -0.39 is 0 Å². The van der Waals surface area contributed by atoms with E-state index >= 15 is 0 Å². The van der Waals surface area contributed by atoms with Crippen molar-refractivity contribution in [2.75, 3.05) is 6.61 Å². The third kappa shape index (κ3) is 6.17.